The number of amides is 2. The first-order chi connectivity index (χ1) is 13.3. The van der Waals surface area contributed by atoms with E-state index in [4.69, 9.17) is 5.73 Å². The van der Waals surface area contributed by atoms with Gasteiger partial charge in [-0.1, -0.05) is 18.2 Å². The van der Waals surface area contributed by atoms with Crippen LogP contribution in [0.25, 0.3) is 16.9 Å². The summed E-state index contributed by atoms with van der Waals surface area (Å²) in [6, 6.07) is 12.2. The van der Waals surface area contributed by atoms with E-state index in [-0.39, 0.29) is 36.3 Å². The molecule has 0 aliphatic carbocycles. The molecule has 1 fully saturated rings. The first-order valence-corrected chi connectivity index (χ1v) is 10.4. The number of hydrogen-bond donors (Lipinski definition) is 1. The Bertz CT molecular complexity index is 1170. The van der Waals surface area contributed by atoms with Gasteiger partial charge in [-0.15, -0.1) is 5.10 Å². The highest BCUT2D eigenvalue weighted by Crippen LogP contribution is 2.21. The summed E-state index contributed by atoms with van der Waals surface area (Å²) in [5, 5.41) is 4.13. The molecular formula is C18H17N5O4S. The highest BCUT2D eigenvalue weighted by Gasteiger charge is 2.25. The van der Waals surface area contributed by atoms with Gasteiger partial charge in [-0.3, -0.25) is 9.59 Å². The van der Waals surface area contributed by atoms with E-state index in [2.05, 4.69) is 10.1 Å². The highest BCUT2D eigenvalue weighted by atomic mass is 32.2. The number of aromatic nitrogens is 3. The fraction of sp³-hybridized carbons (Fsp3) is 0.222. The molecule has 0 bridgehead atoms. The lowest BCUT2D eigenvalue weighted by Gasteiger charge is -2.26. The van der Waals surface area contributed by atoms with E-state index in [0.717, 1.165) is 5.56 Å². The number of pyridine rings is 1. The predicted molar refractivity (Wildman–Crippen MR) is 101 cm³/mol. The van der Waals surface area contributed by atoms with Gasteiger partial charge in [-0.2, -0.15) is 0 Å². The summed E-state index contributed by atoms with van der Waals surface area (Å²) in [6.45, 7) is 0.411. The van der Waals surface area contributed by atoms with E-state index in [0.29, 0.717) is 16.9 Å². The Balaban J connectivity index is 1.61. The maximum Gasteiger partial charge on any atom is 0.288 e. The molecule has 144 valence electrons. The molecule has 1 aliphatic rings. The molecule has 0 atom stereocenters. The second-order valence-electron chi connectivity index (χ2n) is 6.50. The number of carbonyl (C=O) groups excluding carboxylic acids is 2. The Morgan fingerprint density at radius 2 is 1.68 bits per heavy atom. The maximum atomic E-state index is 12.6. The zero-order chi connectivity index (χ0) is 19.9. The standard InChI is InChI=1S/C18H17N5O4S/c19-16(24)17-20-15-3-1-2-14(23(15)21-17)12-4-6-13(7-5-12)18(25)22-8-10-28(26,27)11-9-22/h1-7H,8-11H2,(H2,19,24). The Hall–Kier alpha value is -3.27. The molecule has 9 nitrogen and oxygen atoms in total. The molecule has 2 amide bonds. The Kier molecular flexibility index (Phi) is 4.34. The Morgan fingerprint density at radius 3 is 2.32 bits per heavy atom. The Morgan fingerprint density at radius 1 is 1.00 bits per heavy atom. The minimum atomic E-state index is -3.04. The lowest BCUT2D eigenvalue weighted by Crippen LogP contribution is -2.43. The van der Waals surface area contributed by atoms with Crippen LogP contribution in [0.1, 0.15) is 21.0 Å². The highest BCUT2D eigenvalue weighted by molar-refractivity contribution is 7.91. The number of benzene rings is 1. The van der Waals surface area contributed by atoms with Crippen LogP contribution in [0, 0.1) is 0 Å². The number of carbonyl (C=O) groups is 2. The number of nitrogens with two attached hydrogens (primary N) is 1. The van der Waals surface area contributed by atoms with Crippen LogP contribution in [0.5, 0.6) is 0 Å². The third-order valence-electron chi connectivity index (χ3n) is 4.64. The fourth-order valence-electron chi connectivity index (χ4n) is 3.11. The van der Waals surface area contributed by atoms with Crippen LogP contribution in [0.4, 0.5) is 0 Å². The lowest BCUT2D eigenvalue weighted by molar-refractivity contribution is 0.0770. The minimum Gasteiger partial charge on any atom is -0.363 e. The monoisotopic (exact) mass is 399 g/mol. The van der Waals surface area contributed by atoms with Crippen LogP contribution in [0.2, 0.25) is 0 Å². The average Bonchev–Trinajstić information content (AvgIpc) is 3.12. The molecule has 0 radical (unpaired) electrons. The van der Waals surface area contributed by atoms with Crippen LogP contribution >= 0.6 is 0 Å². The molecule has 1 saturated heterocycles. The van der Waals surface area contributed by atoms with E-state index < -0.39 is 15.7 Å². The van der Waals surface area contributed by atoms with Gasteiger partial charge in [0.1, 0.15) is 0 Å². The zero-order valence-electron chi connectivity index (χ0n) is 14.8. The van der Waals surface area contributed by atoms with Gasteiger partial charge in [0.05, 0.1) is 17.2 Å². The number of primary amides is 1. The molecule has 1 aromatic carbocycles. The summed E-state index contributed by atoms with van der Waals surface area (Å²) in [7, 11) is -3.04. The normalized spacial score (nSPS) is 16.2. The second kappa shape index (κ2) is 6.71. The van der Waals surface area contributed by atoms with E-state index in [9.17, 15) is 18.0 Å². The van der Waals surface area contributed by atoms with Crippen molar-refractivity contribution in [3.8, 4) is 11.3 Å². The number of hydrogen-bond acceptors (Lipinski definition) is 6. The SMILES string of the molecule is NC(=O)c1nc2cccc(-c3ccc(C(=O)N4CCS(=O)(=O)CC4)cc3)n2n1. The van der Waals surface area contributed by atoms with Gasteiger partial charge < -0.3 is 10.6 Å². The van der Waals surface area contributed by atoms with Gasteiger partial charge >= 0.3 is 0 Å². The molecule has 2 aromatic heterocycles. The largest absolute Gasteiger partial charge is 0.363 e. The fourth-order valence-corrected chi connectivity index (χ4v) is 4.31. The van der Waals surface area contributed by atoms with E-state index in [1.165, 1.54) is 4.52 Å². The maximum absolute atomic E-state index is 12.6. The van der Waals surface area contributed by atoms with Crippen molar-refractivity contribution < 1.29 is 18.0 Å². The van der Waals surface area contributed by atoms with Crippen LogP contribution in [0.15, 0.2) is 42.5 Å². The third-order valence-corrected chi connectivity index (χ3v) is 6.25. The molecule has 28 heavy (non-hydrogen) atoms. The topological polar surface area (TPSA) is 128 Å². The molecular weight excluding hydrogens is 382 g/mol. The third kappa shape index (κ3) is 3.33. The smallest absolute Gasteiger partial charge is 0.288 e. The molecule has 0 saturated carbocycles. The number of fused-ring (bicyclic) bond motifs is 1. The first kappa shape index (κ1) is 18.1. The van der Waals surface area contributed by atoms with Gasteiger partial charge in [0.25, 0.3) is 11.8 Å². The van der Waals surface area contributed by atoms with Crippen molar-refractivity contribution in [2.75, 3.05) is 24.6 Å². The molecule has 3 aromatic rings. The van der Waals surface area contributed by atoms with Gasteiger partial charge in [-0.25, -0.2) is 17.9 Å². The molecule has 10 heteroatoms. The molecule has 0 spiro atoms. The summed E-state index contributed by atoms with van der Waals surface area (Å²) in [5.74, 6) is -0.990. The van der Waals surface area contributed by atoms with Crippen molar-refractivity contribution >= 4 is 27.3 Å². The molecule has 1 aliphatic heterocycles. The second-order valence-corrected chi connectivity index (χ2v) is 8.81. The van der Waals surface area contributed by atoms with E-state index in [1.54, 1.807) is 41.3 Å². The van der Waals surface area contributed by atoms with Crippen LogP contribution in [-0.2, 0) is 9.84 Å². The van der Waals surface area contributed by atoms with Crippen LogP contribution in [0.3, 0.4) is 0 Å². The summed E-state index contributed by atoms with van der Waals surface area (Å²) >= 11 is 0. The van der Waals surface area contributed by atoms with Crippen molar-refractivity contribution in [2.45, 2.75) is 0 Å². The summed E-state index contributed by atoms with van der Waals surface area (Å²) in [6.07, 6.45) is 0. The summed E-state index contributed by atoms with van der Waals surface area (Å²) in [4.78, 5) is 29.6. The molecule has 4 rings (SSSR count). The molecule has 2 N–H and O–H groups in total. The van der Waals surface area contributed by atoms with Crippen molar-refractivity contribution in [2.24, 2.45) is 5.73 Å². The molecule has 3 heterocycles. The van der Waals surface area contributed by atoms with Gasteiger partial charge in [0.15, 0.2) is 15.5 Å². The minimum absolute atomic E-state index is 0.00663. The summed E-state index contributed by atoms with van der Waals surface area (Å²) in [5.41, 5.74) is 7.69. The van der Waals surface area contributed by atoms with E-state index in [1.807, 2.05) is 6.07 Å². The van der Waals surface area contributed by atoms with E-state index >= 15 is 0 Å². The van der Waals surface area contributed by atoms with Gasteiger partial charge in [0.2, 0.25) is 5.82 Å². The van der Waals surface area contributed by atoms with Crippen molar-refractivity contribution in [3.05, 3.63) is 53.9 Å². The van der Waals surface area contributed by atoms with Gasteiger partial charge in [-0.05, 0) is 24.3 Å². The van der Waals surface area contributed by atoms with Crippen LogP contribution in [-0.4, -0.2) is 64.3 Å². The zero-order valence-corrected chi connectivity index (χ0v) is 15.6. The lowest BCUT2D eigenvalue weighted by atomic mass is 10.1. The number of rotatable bonds is 3. The number of nitrogens with zero attached hydrogens (tertiary/aromatic N) is 4. The Labute approximate surface area is 160 Å². The quantitative estimate of drug-likeness (QED) is 0.678. The predicted octanol–water partition coefficient (Wildman–Crippen LogP) is 0.366. The van der Waals surface area contributed by atoms with Crippen molar-refractivity contribution in [1.29, 1.82) is 0 Å². The van der Waals surface area contributed by atoms with Crippen LogP contribution < -0.4 is 5.73 Å². The number of sulfone groups is 1. The van der Waals surface area contributed by atoms with Crippen molar-refractivity contribution in [3.63, 3.8) is 0 Å². The van der Waals surface area contributed by atoms with Gasteiger partial charge in [0, 0.05) is 24.2 Å². The average molecular weight is 399 g/mol. The molecule has 0 unspecified atom stereocenters. The van der Waals surface area contributed by atoms with Crippen molar-refractivity contribution in [1.82, 2.24) is 19.5 Å². The summed E-state index contributed by atoms with van der Waals surface area (Å²) < 4.78 is 24.6. The first-order valence-electron chi connectivity index (χ1n) is 8.60.